The van der Waals surface area contributed by atoms with Gasteiger partial charge in [-0.05, 0) is 12.8 Å². The molecule has 2 rings (SSSR count). The molecule has 0 saturated heterocycles. The molecule has 5 heteroatoms. The molecule has 0 aliphatic heterocycles. The normalized spacial score (nSPS) is 16.1. The van der Waals surface area contributed by atoms with E-state index in [1.807, 2.05) is 0 Å². The average molecular weight is 220 g/mol. The minimum atomic E-state index is -0.128. The van der Waals surface area contributed by atoms with Gasteiger partial charge in [0.15, 0.2) is 0 Å². The maximum Gasteiger partial charge on any atom is 0.271 e. The molecule has 1 aliphatic rings. The molecule has 0 bridgehead atoms. The number of anilines is 1. The van der Waals surface area contributed by atoms with E-state index >= 15 is 0 Å². The fourth-order valence-electron chi connectivity index (χ4n) is 1.93. The first-order valence-electron chi connectivity index (χ1n) is 5.60. The van der Waals surface area contributed by atoms with Gasteiger partial charge in [-0.2, -0.15) is 0 Å². The molecule has 0 radical (unpaired) electrons. The van der Waals surface area contributed by atoms with Gasteiger partial charge in [0.2, 0.25) is 0 Å². The molecular weight excluding hydrogens is 204 g/mol. The number of carbonyl (C=O) groups excluding carboxylic acids is 1. The van der Waals surface area contributed by atoms with Crippen molar-refractivity contribution in [2.75, 3.05) is 12.4 Å². The van der Waals surface area contributed by atoms with Crippen LogP contribution in [0.1, 0.15) is 36.2 Å². The summed E-state index contributed by atoms with van der Waals surface area (Å²) >= 11 is 0. The summed E-state index contributed by atoms with van der Waals surface area (Å²) in [5, 5.41) is 5.84. The van der Waals surface area contributed by atoms with Crippen molar-refractivity contribution in [2.24, 2.45) is 0 Å². The predicted octanol–water partition coefficient (Wildman–Crippen LogP) is 1.19. The lowest BCUT2D eigenvalue weighted by atomic mass is 10.2. The predicted molar refractivity (Wildman–Crippen MR) is 61.3 cm³/mol. The van der Waals surface area contributed by atoms with Crippen LogP contribution in [0.4, 0.5) is 5.82 Å². The summed E-state index contributed by atoms with van der Waals surface area (Å²) in [4.78, 5) is 19.9. The molecule has 0 aromatic carbocycles. The molecule has 1 aliphatic carbocycles. The van der Waals surface area contributed by atoms with Crippen molar-refractivity contribution in [1.29, 1.82) is 0 Å². The lowest BCUT2D eigenvalue weighted by molar-refractivity contribution is 0.0932. The molecule has 2 N–H and O–H groups in total. The van der Waals surface area contributed by atoms with E-state index < -0.39 is 0 Å². The Balaban J connectivity index is 2.01. The fourth-order valence-corrected chi connectivity index (χ4v) is 1.93. The van der Waals surface area contributed by atoms with E-state index in [-0.39, 0.29) is 5.91 Å². The van der Waals surface area contributed by atoms with Crippen LogP contribution in [0.5, 0.6) is 0 Å². The first-order valence-corrected chi connectivity index (χ1v) is 5.60. The van der Waals surface area contributed by atoms with Gasteiger partial charge >= 0.3 is 0 Å². The van der Waals surface area contributed by atoms with E-state index in [9.17, 15) is 4.79 Å². The van der Waals surface area contributed by atoms with Gasteiger partial charge in [0.05, 0.1) is 12.4 Å². The van der Waals surface area contributed by atoms with Crippen molar-refractivity contribution in [3.05, 3.63) is 18.1 Å². The van der Waals surface area contributed by atoms with Crippen LogP contribution >= 0.6 is 0 Å². The highest BCUT2D eigenvalue weighted by atomic mass is 16.1. The molecule has 1 fully saturated rings. The van der Waals surface area contributed by atoms with Gasteiger partial charge in [0.25, 0.3) is 5.91 Å². The number of hydrogen-bond donors (Lipinski definition) is 2. The Morgan fingerprint density at radius 3 is 2.81 bits per heavy atom. The highest BCUT2D eigenvalue weighted by molar-refractivity contribution is 5.92. The molecule has 0 spiro atoms. The Bertz CT molecular complexity index is 374. The molecule has 86 valence electrons. The van der Waals surface area contributed by atoms with Crippen molar-refractivity contribution in [3.8, 4) is 0 Å². The third-order valence-electron chi connectivity index (χ3n) is 2.81. The van der Waals surface area contributed by atoms with E-state index in [1.54, 1.807) is 13.2 Å². The van der Waals surface area contributed by atoms with E-state index in [4.69, 9.17) is 0 Å². The lowest BCUT2D eigenvalue weighted by Gasteiger charge is -2.11. The molecule has 1 saturated carbocycles. The average Bonchev–Trinajstić information content (AvgIpc) is 2.82. The van der Waals surface area contributed by atoms with Crippen molar-refractivity contribution in [2.45, 2.75) is 31.7 Å². The molecule has 0 atom stereocenters. The standard InChI is InChI=1S/C11H16N4O/c1-12-10-7-13-6-9(15-10)11(16)14-8-4-2-3-5-8/h6-8H,2-5H2,1H3,(H,12,15)(H,14,16). The van der Waals surface area contributed by atoms with Gasteiger partial charge < -0.3 is 10.6 Å². The Morgan fingerprint density at radius 2 is 2.12 bits per heavy atom. The van der Waals surface area contributed by atoms with Crippen LogP contribution in [0.15, 0.2) is 12.4 Å². The van der Waals surface area contributed by atoms with Crippen molar-refractivity contribution in [3.63, 3.8) is 0 Å². The molecule has 0 unspecified atom stereocenters. The minimum Gasteiger partial charge on any atom is -0.372 e. The van der Waals surface area contributed by atoms with Gasteiger partial charge in [-0.15, -0.1) is 0 Å². The number of nitrogens with zero attached hydrogens (tertiary/aromatic N) is 2. The van der Waals surface area contributed by atoms with Crippen molar-refractivity contribution in [1.82, 2.24) is 15.3 Å². The highest BCUT2D eigenvalue weighted by Gasteiger charge is 2.18. The summed E-state index contributed by atoms with van der Waals surface area (Å²) in [6.45, 7) is 0. The molecule has 1 aromatic rings. The summed E-state index contributed by atoms with van der Waals surface area (Å²) in [6, 6.07) is 0.313. The molecule has 1 amide bonds. The van der Waals surface area contributed by atoms with Gasteiger partial charge in [0.1, 0.15) is 11.5 Å². The van der Waals surface area contributed by atoms with Gasteiger partial charge in [-0.25, -0.2) is 4.98 Å². The van der Waals surface area contributed by atoms with Crippen LogP contribution in [-0.2, 0) is 0 Å². The summed E-state index contributed by atoms with van der Waals surface area (Å²) in [5.41, 5.74) is 0.374. The zero-order chi connectivity index (χ0) is 11.4. The second-order valence-electron chi connectivity index (χ2n) is 3.99. The number of nitrogens with one attached hydrogen (secondary N) is 2. The first kappa shape index (κ1) is 10.9. The highest BCUT2D eigenvalue weighted by Crippen LogP contribution is 2.17. The zero-order valence-corrected chi connectivity index (χ0v) is 9.36. The third-order valence-corrected chi connectivity index (χ3v) is 2.81. The third kappa shape index (κ3) is 2.48. The number of aromatic nitrogens is 2. The zero-order valence-electron chi connectivity index (χ0n) is 9.36. The fraction of sp³-hybridized carbons (Fsp3) is 0.545. The van der Waals surface area contributed by atoms with E-state index in [1.165, 1.54) is 19.0 Å². The smallest absolute Gasteiger partial charge is 0.271 e. The Morgan fingerprint density at radius 1 is 1.38 bits per heavy atom. The topological polar surface area (TPSA) is 66.9 Å². The summed E-state index contributed by atoms with van der Waals surface area (Å²) in [7, 11) is 1.75. The Kier molecular flexibility index (Phi) is 3.34. The van der Waals surface area contributed by atoms with Crippen LogP contribution in [0.2, 0.25) is 0 Å². The van der Waals surface area contributed by atoms with Crippen LogP contribution in [-0.4, -0.2) is 29.0 Å². The van der Waals surface area contributed by atoms with Gasteiger partial charge in [-0.3, -0.25) is 9.78 Å². The van der Waals surface area contributed by atoms with Gasteiger partial charge in [0, 0.05) is 13.1 Å². The molecule has 1 aromatic heterocycles. The quantitative estimate of drug-likeness (QED) is 0.803. The van der Waals surface area contributed by atoms with Crippen LogP contribution in [0, 0.1) is 0 Å². The second kappa shape index (κ2) is 4.92. The monoisotopic (exact) mass is 220 g/mol. The van der Waals surface area contributed by atoms with Crippen LogP contribution in [0.25, 0.3) is 0 Å². The van der Waals surface area contributed by atoms with Crippen LogP contribution < -0.4 is 10.6 Å². The maximum absolute atomic E-state index is 11.8. The summed E-state index contributed by atoms with van der Waals surface area (Å²) in [5.74, 6) is 0.482. The van der Waals surface area contributed by atoms with E-state index in [2.05, 4.69) is 20.6 Å². The maximum atomic E-state index is 11.8. The Hall–Kier alpha value is -1.65. The Labute approximate surface area is 94.7 Å². The number of amides is 1. The van der Waals surface area contributed by atoms with Gasteiger partial charge in [-0.1, -0.05) is 12.8 Å². The number of rotatable bonds is 3. The summed E-state index contributed by atoms with van der Waals surface area (Å²) < 4.78 is 0. The van der Waals surface area contributed by atoms with E-state index in [0.717, 1.165) is 12.8 Å². The number of hydrogen-bond acceptors (Lipinski definition) is 4. The first-order chi connectivity index (χ1) is 7.79. The van der Waals surface area contributed by atoms with E-state index in [0.29, 0.717) is 17.6 Å². The lowest BCUT2D eigenvalue weighted by Crippen LogP contribution is -2.33. The van der Waals surface area contributed by atoms with Crippen molar-refractivity contribution >= 4 is 11.7 Å². The molecule has 5 nitrogen and oxygen atoms in total. The molecule has 16 heavy (non-hydrogen) atoms. The molecular formula is C11H16N4O. The minimum absolute atomic E-state index is 0.128. The number of carbonyl (C=O) groups is 1. The summed E-state index contributed by atoms with van der Waals surface area (Å²) in [6.07, 6.45) is 7.63. The second-order valence-corrected chi connectivity index (χ2v) is 3.99. The SMILES string of the molecule is CNc1cncc(C(=O)NC2CCCC2)n1. The van der Waals surface area contributed by atoms with Crippen molar-refractivity contribution < 1.29 is 4.79 Å². The molecule has 1 heterocycles. The largest absolute Gasteiger partial charge is 0.372 e. The van der Waals surface area contributed by atoms with Crippen LogP contribution in [0.3, 0.4) is 0 Å².